The van der Waals surface area contributed by atoms with Crippen molar-refractivity contribution in [2.75, 3.05) is 24.5 Å². The fourth-order valence-electron chi connectivity index (χ4n) is 3.64. The van der Waals surface area contributed by atoms with Crippen LogP contribution in [0.5, 0.6) is 0 Å². The van der Waals surface area contributed by atoms with Crippen LogP contribution in [0.1, 0.15) is 43.5 Å². The van der Waals surface area contributed by atoms with Crippen molar-refractivity contribution in [1.29, 1.82) is 0 Å². The molecule has 1 atom stereocenters. The van der Waals surface area contributed by atoms with Gasteiger partial charge in [-0.1, -0.05) is 44.0 Å². The zero-order valence-corrected chi connectivity index (χ0v) is 21.1. The molecule has 1 saturated heterocycles. The van der Waals surface area contributed by atoms with Crippen molar-refractivity contribution in [3.63, 3.8) is 0 Å². The Kier molecular flexibility index (Phi) is 7.68. The maximum atomic E-state index is 13.0. The number of ether oxygens (including phenoxy) is 1. The molecule has 0 bridgehead atoms. The quantitative estimate of drug-likeness (QED) is 0.555. The highest BCUT2D eigenvalue weighted by atomic mass is 79.9. The zero-order valence-electron chi connectivity index (χ0n) is 17.9. The minimum Gasteiger partial charge on any atom is -0.444 e. The third-order valence-corrected chi connectivity index (χ3v) is 6.75. The number of benzene rings is 2. The van der Waals surface area contributed by atoms with Crippen LogP contribution >= 0.6 is 31.9 Å². The largest absolute Gasteiger partial charge is 0.444 e. The van der Waals surface area contributed by atoms with Crippen molar-refractivity contribution < 1.29 is 19.7 Å². The maximum Gasteiger partial charge on any atom is 0.410 e. The van der Waals surface area contributed by atoms with E-state index in [4.69, 9.17) is 4.74 Å². The number of carbonyl (C=O) groups is 1. The lowest BCUT2D eigenvalue weighted by atomic mass is 10.00. The second kappa shape index (κ2) is 9.90. The lowest BCUT2D eigenvalue weighted by Crippen LogP contribution is -2.52. The Morgan fingerprint density at radius 1 is 1.03 bits per heavy atom. The zero-order chi connectivity index (χ0) is 22.8. The molecule has 0 aromatic heterocycles. The Morgan fingerprint density at radius 3 is 2.26 bits per heavy atom. The van der Waals surface area contributed by atoms with Crippen LogP contribution in [0.3, 0.4) is 0 Å². The number of carbonyl (C=O) groups excluding carboxylic acids is 1. The van der Waals surface area contributed by atoms with Crippen molar-refractivity contribution in [1.82, 2.24) is 4.90 Å². The highest BCUT2D eigenvalue weighted by Gasteiger charge is 2.34. The molecule has 0 radical (unpaired) electrons. The van der Waals surface area contributed by atoms with E-state index in [1.807, 2.05) is 57.2 Å². The Morgan fingerprint density at radius 2 is 1.65 bits per heavy atom. The van der Waals surface area contributed by atoms with E-state index in [0.29, 0.717) is 19.6 Å². The summed E-state index contributed by atoms with van der Waals surface area (Å²) >= 11 is 6.93. The van der Waals surface area contributed by atoms with E-state index in [2.05, 4.69) is 36.8 Å². The van der Waals surface area contributed by atoms with Gasteiger partial charge in [0.1, 0.15) is 5.60 Å². The van der Waals surface area contributed by atoms with Gasteiger partial charge >= 0.3 is 6.09 Å². The third-order valence-electron chi connectivity index (χ3n) is 5.20. The van der Waals surface area contributed by atoms with Gasteiger partial charge in [-0.3, -0.25) is 4.90 Å². The Bertz CT molecular complexity index is 946. The summed E-state index contributed by atoms with van der Waals surface area (Å²) in [5.74, 6) is 0. The molecule has 168 valence electrons. The summed E-state index contributed by atoms with van der Waals surface area (Å²) < 4.78 is 7.37. The number of hydrogen-bond acceptors (Lipinski definition) is 5. The highest BCUT2D eigenvalue weighted by molar-refractivity contribution is 9.10. The molecule has 2 aromatic rings. The lowest BCUT2D eigenvalue weighted by Gasteiger charge is -2.43. The van der Waals surface area contributed by atoms with Crippen LogP contribution in [0, 0.1) is 0 Å². The van der Waals surface area contributed by atoms with Crippen molar-refractivity contribution in [3.8, 4) is 0 Å². The number of hydrogen-bond donors (Lipinski definition) is 2. The van der Waals surface area contributed by atoms with E-state index < -0.39 is 5.60 Å². The summed E-state index contributed by atoms with van der Waals surface area (Å²) in [5.41, 5.74) is 2.92. The number of anilines is 1. The molecule has 1 unspecified atom stereocenters. The predicted molar refractivity (Wildman–Crippen MR) is 128 cm³/mol. The van der Waals surface area contributed by atoms with Crippen molar-refractivity contribution in [2.45, 2.75) is 45.6 Å². The van der Waals surface area contributed by atoms with Gasteiger partial charge in [0.15, 0.2) is 0 Å². The van der Waals surface area contributed by atoms with Gasteiger partial charge in [-0.25, -0.2) is 4.79 Å². The van der Waals surface area contributed by atoms with Gasteiger partial charge in [0.05, 0.1) is 19.3 Å². The first-order valence-corrected chi connectivity index (χ1v) is 11.7. The molecular weight excluding hydrogens is 528 g/mol. The molecule has 0 aliphatic carbocycles. The minimum atomic E-state index is -0.587. The summed E-state index contributed by atoms with van der Waals surface area (Å²) in [5, 5.41) is 19.3. The van der Waals surface area contributed by atoms with Gasteiger partial charge in [-0.05, 0) is 61.7 Å². The fraction of sp³-hybridized carbons (Fsp3) is 0.435. The Labute approximate surface area is 200 Å². The average Bonchev–Trinajstić information content (AvgIpc) is 2.73. The second-order valence-corrected chi connectivity index (χ2v) is 10.3. The maximum absolute atomic E-state index is 13.0. The number of rotatable bonds is 4. The molecule has 8 heteroatoms. The van der Waals surface area contributed by atoms with Gasteiger partial charge in [-0.15, -0.1) is 0 Å². The average molecular weight is 556 g/mol. The molecule has 3 rings (SSSR count). The van der Waals surface area contributed by atoms with E-state index in [9.17, 15) is 15.0 Å². The number of aliphatic hydroxyl groups is 2. The first-order valence-electron chi connectivity index (χ1n) is 10.2. The summed E-state index contributed by atoms with van der Waals surface area (Å²) in [6.45, 7) is 7.14. The monoisotopic (exact) mass is 554 g/mol. The molecule has 0 saturated carbocycles. The van der Waals surface area contributed by atoms with E-state index >= 15 is 0 Å². The van der Waals surface area contributed by atoms with Crippen LogP contribution in [0.2, 0.25) is 0 Å². The number of nitrogens with zero attached hydrogens (tertiary/aromatic N) is 2. The minimum absolute atomic E-state index is 0.0533. The van der Waals surface area contributed by atoms with E-state index in [1.54, 1.807) is 4.90 Å². The van der Waals surface area contributed by atoms with Crippen molar-refractivity contribution >= 4 is 43.6 Å². The molecule has 6 nitrogen and oxygen atoms in total. The predicted octanol–water partition coefficient (Wildman–Crippen LogP) is 4.99. The van der Waals surface area contributed by atoms with Crippen LogP contribution in [0.25, 0.3) is 0 Å². The first kappa shape index (κ1) is 24.0. The van der Waals surface area contributed by atoms with E-state index in [0.717, 1.165) is 31.3 Å². The number of aliphatic hydroxyl groups excluding tert-OH is 2. The molecule has 1 amide bonds. The van der Waals surface area contributed by atoms with Gasteiger partial charge < -0.3 is 19.8 Å². The number of piperazine rings is 1. The van der Waals surface area contributed by atoms with Gasteiger partial charge in [0.25, 0.3) is 0 Å². The summed E-state index contributed by atoms with van der Waals surface area (Å²) in [6.07, 6.45) is -0.350. The summed E-state index contributed by atoms with van der Waals surface area (Å²) in [6, 6.07) is 11.4. The van der Waals surface area contributed by atoms with Crippen LogP contribution in [-0.2, 0) is 18.0 Å². The molecule has 1 heterocycles. The molecule has 0 spiro atoms. The molecule has 1 aliphatic heterocycles. The number of halogens is 2. The summed E-state index contributed by atoms with van der Waals surface area (Å²) in [7, 11) is 0. The van der Waals surface area contributed by atoms with Crippen LogP contribution in [0.4, 0.5) is 10.5 Å². The Balaban J connectivity index is 1.95. The second-order valence-electron chi connectivity index (χ2n) is 8.58. The van der Waals surface area contributed by atoms with Crippen LogP contribution in [-0.4, -0.2) is 46.4 Å². The van der Waals surface area contributed by atoms with Crippen molar-refractivity contribution in [3.05, 3.63) is 62.0 Å². The molecule has 1 aliphatic rings. The molecular formula is C23H28Br2N2O4. The lowest BCUT2D eigenvalue weighted by molar-refractivity contribution is 0.0137. The molecule has 2 N–H and O–H groups in total. The first-order chi connectivity index (χ1) is 14.6. The third kappa shape index (κ3) is 5.80. The van der Waals surface area contributed by atoms with Gasteiger partial charge in [-0.2, -0.15) is 0 Å². The molecule has 2 aromatic carbocycles. The smallest absolute Gasteiger partial charge is 0.410 e. The summed E-state index contributed by atoms with van der Waals surface area (Å²) in [4.78, 5) is 17.0. The normalized spacial score (nSPS) is 17.1. The van der Waals surface area contributed by atoms with Gasteiger partial charge in [0.2, 0.25) is 0 Å². The highest BCUT2D eigenvalue weighted by Crippen LogP contribution is 2.33. The van der Waals surface area contributed by atoms with Gasteiger partial charge in [0, 0.05) is 34.3 Å². The standard InChI is InChI=1S/C23H28Br2N2O4/c1-23(2,3)31-22(30)27-9-8-26(18-5-7-20(25)17(11-18)14-29)12-21(27)15-4-6-19(24)16(10-15)13-28/h4-7,10-11,21,28-29H,8-9,12-14H2,1-3H3. The van der Waals surface area contributed by atoms with Crippen LogP contribution in [0.15, 0.2) is 45.3 Å². The van der Waals surface area contributed by atoms with Crippen molar-refractivity contribution in [2.24, 2.45) is 0 Å². The SMILES string of the molecule is CC(C)(C)OC(=O)N1CCN(c2ccc(Br)c(CO)c2)CC1c1ccc(Br)c(CO)c1. The topological polar surface area (TPSA) is 73.2 Å². The van der Waals surface area contributed by atoms with E-state index in [1.165, 1.54) is 0 Å². The molecule has 1 fully saturated rings. The Hall–Kier alpha value is -1.61. The van der Waals surface area contributed by atoms with E-state index in [-0.39, 0.29) is 25.3 Å². The van der Waals surface area contributed by atoms with Crippen LogP contribution < -0.4 is 4.90 Å². The fourth-order valence-corrected chi connectivity index (χ4v) is 4.39. The number of amides is 1. The molecule has 31 heavy (non-hydrogen) atoms.